The van der Waals surface area contributed by atoms with E-state index in [4.69, 9.17) is 5.26 Å². The first kappa shape index (κ1) is 22.4. The molecular formula is C6H7BF3N2. The van der Waals surface area contributed by atoms with Gasteiger partial charge in [-0.05, 0) is 12.1 Å². The highest BCUT2D eigenvalue weighted by atomic mass is 19.0. The Morgan fingerprint density at radius 1 is 1.08 bits per heavy atom. The van der Waals surface area contributed by atoms with E-state index in [1.54, 1.807) is 24.5 Å². The molecule has 0 aliphatic heterocycles. The summed E-state index contributed by atoms with van der Waals surface area (Å²) in [5, 5.41) is 8.26. The fraction of sp³-hybridized carbons (Fsp3) is 0. The highest BCUT2D eigenvalue weighted by Gasteiger charge is 1.80. The van der Waals surface area contributed by atoms with E-state index in [2.05, 4.69) is 4.98 Å². The summed E-state index contributed by atoms with van der Waals surface area (Å²) in [6.07, 6.45) is 3.19. The minimum Gasteiger partial charge on any atom is -0.269 e. The van der Waals surface area contributed by atoms with E-state index in [0.29, 0.717) is 5.56 Å². The van der Waals surface area contributed by atoms with Gasteiger partial charge < -0.3 is 0 Å². The maximum absolute atomic E-state index is 8.26. The lowest BCUT2D eigenvalue weighted by Gasteiger charge is -1.79. The van der Waals surface area contributed by atoms with Gasteiger partial charge in [0, 0.05) is 20.8 Å². The quantitative estimate of drug-likeness (QED) is 0.552. The number of nitriles is 1. The van der Waals surface area contributed by atoms with Crippen LogP contribution in [0.25, 0.3) is 0 Å². The van der Waals surface area contributed by atoms with Gasteiger partial charge in [-0.3, -0.25) is 19.1 Å². The van der Waals surface area contributed by atoms with Crippen LogP contribution in [0.15, 0.2) is 24.5 Å². The second-order valence-corrected chi connectivity index (χ2v) is 1.35. The fourth-order valence-corrected chi connectivity index (χ4v) is 0.426. The van der Waals surface area contributed by atoms with Crippen LogP contribution in [0.2, 0.25) is 0 Å². The number of rotatable bonds is 0. The molecule has 1 rings (SSSR count). The third-order valence-electron chi connectivity index (χ3n) is 0.809. The molecule has 12 heavy (non-hydrogen) atoms. The zero-order valence-electron chi connectivity index (χ0n) is 6.01. The molecule has 0 bridgehead atoms. The van der Waals surface area contributed by atoms with Crippen molar-refractivity contribution in [1.29, 1.82) is 5.26 Å². The Balaban J connectivity index is -0.0000000800. The van der Waals surface area contributed by atoms with Gasteiger partial charge in [-0.15, -0.1) is 0 Å². The van der Waals surface area contributed by atoms with Crippen LogP contribution in [0.4, 0.5) is 14.1 Å². The van der Waals surface area contributed by atoms with E-state index in [9.17, 15) is 0 Å². The number of nitrogens with zero attached hydrogens (tertiary/aromatic N) is 2. The minimum absolute atomic E-state index is 0. The smallest absolute Gasteiger partial charge is 0.0992 e. The van der Waals surface area contributed by atoms with E-state index in [0.717, 1.165) is 0 Å². The van der Waals surface area contributed by atoms with Gasteiger partial charge in [-0.2, -0.15) is 5.26 Å². The Morgan fingerprint density at radius 3 is 1.75 bits per heavy atom. The van der Waals surface area contributed by atoms with Crippen molar-refractivity contribution in [3.8, 4) is 6.07 Å². The molecule has 65 valence electrons. The van der Waals surface area contributed by atoms with Crippen molar-refractivity contribution in [3.05, 3.63) is 30.1 Å². The van der Waals surface area contributed by atoms with Crippen molar-refractivity contribution in [2.45, 2.75) is 0 Å². The monoisotopic (exact) mass is 175 g/mol. The molecule has 0 aromatic carbocycles. The normalized spacial score (nSPS) is 5.25. The lowest BCUT2D eigenvalue weighted by atomic mass is 10.3. The Bertz CT molecular complexity index is 212. The Kier molecular flexibility index (Phi) is 22.8. The third-order valence-corrected chi connectivity index (χ3v) is 0.809. The molecule has 1 aromatic heterocycles. The first-order valence-electron chi connectivity index (χ1n) is 2.23. The van der Waals surface area contributed by atoms with Crippen molar-refractivity contribution in [3.63, 3.8) is 0 Å². The maximum atomic E-state index is 8.26. The van der Waals surface area contributed by atoms with Gasteiger partial charge in [0.05, 0.1) is 11.6 Å². The van der Waals surface area contributed by atoms with Crippen LogP contribution in [0.1, 0.15) is 5.56 Å². The summed E-state index contributed by atoms with van der Waals surface area (Å²) in [4.78, 5) is 3.74. The number of pyridine rings is 1. The summed E-state index contributed by atoms with van der Waals surface area (Å²) in [6.45, 7) is 0. The molecule has 1 aromatic rings. The maximum Gasteiger partial charge on any atom is 0.0992 e. The predicted molar refractivity (Wildman–Crippen MR) is 42.2 cm³/mol. The molecule has 0 spiro atoms. The largest absolute Gasteiger partial charge is 0.269 e. The summed E-state index contributed by atoms with van der Waals surface area (Å²) < 4.78 is 0. The van der Waals surface area contributed by atoms with E-state index < -0.39 is 0 Å². The van der Waals surface area contributed by atoms with Crippen molar-refractivity contribution >= 4 is 8.41 Å². The molecule has 0 unspecified atom stereocenters. The topological polar surface area (TPSA) is 36.7 Å². The minimum atomic E-state index is 0. The van der Waals surface area contributed by atoms with Gasteiger partial charge in [0.2, 0.25) is 0 Å². The molecule has 1 heterocycles. The van der Waals surface area contributed by atoms with E-state index in [-0.39, 0.29) is 22.5 Å². The predicted octanol–water partition coefficient (Wildman–Crippen LogP) is 1.03. The van der Waals surface area contributed by atoms with Gasteiger partial charge in [0.25, 0.3) is 0 Å². The van der Waals surface area contributed by atoms with Gasteiger partial charge in [0.15, 0.2) is 0 Å². The molecule has 6 heteroatoms. The zero-order chi connectivity index (χ0) is 5.82. The molecule has 0 saturated carbocycles. The zero-order valence-corrected chi connectivity index (χ0v) is 6.01. The standard InChI is InChI=1S/C6H4N2.B.3FH/c7-5-6-1-3-8-4-2-6;;;;/h1-4H;;3*1H. The number of hydrogen-bond acceptors (Lipinski definition) is 2. The Morgan fingerprint density at radius 2 is 1.50 bits per heavy atom. The highest BCUT2D eigenvalue weighted by molar-refractivity contribution is 5.75. The summed E-state index contributed by atoms with van der Waals surface area (Å²) in [5.41, 5.74) is 0.653. The molecule has 3 radical (unpaired) electrons. The highest BCUT2D eigenvalue weighted by Crippen LogP contribution is 1.89. The second kappa shape index (κ2) is 12.2. The summed E-state index contributed by atoms with van der Waals surface area (Å²) in [7, 11) is 0. The molecule has 0 saturated heterocycles. The first-order valence-corrected chi connectivity index (χ1v) is 2.23. The van der Waals surface area contributed by atoms with Gasteiger partial charge >= 0.3 is 0 Å². The summed E-state index contributed by atoms with van der Waals surface area (Å²) in [6, 6.07) is 5.32. The molecule has 0 atom stereocenters. The average molecular weight is 175 g/mol. The van der Waals surface area contributed by atoms with Crippen LogP contribution >= 0.6 is 0 Å². The Labute approximate surface area is 69.9 Å². The molecule has 0 amide bonds. The van der Waals surface area contributed by atoms with Crippen molar-refractivity contribution in [2.75, 3.05) is 0 Å². The average Bonchev–Trinajstić information content (AvgIpc) is 1.90. The first-order chi connectivity index (χ1) is 3.93. The SMILES string of the molecule is F.F.F.N#Cc1ccncc1.[B]. The van der Waals surface area contributed by atoms with E-state index in [1.165, 1.54) is 0 Å². The van der Waals surface area contributed by atoms with Crippen molar-refractivity contribution in [1.82, 2.24) is 4.98 Å². The number of halogens is 3. The summed E-state index contributed by atoms with van der Waals surface area (Å²) in [5.74, 6) is 0. The van der Waals surface area contributed by atoms with E-state index in [1.807, 2.05) is 6.07 Å². The van der Waals surface area contributed by atoms with Crippen molar-refractivity contribution < 1.29 is 14.1 Å². The lowest BCUT2D eigenvalue weighted by Crippen LogP contribution is -1.71. The summed E-state index contributed by atoms with van der Waals surface area (Å²) >= 11 is 0. The molecular weight excluding hydrogens is 168 g/mol. The fourth-order valence-electron chi connectivity index (χ4n) is 0.426. The second-order valence-electron chi connectivity index (χ2n) is 1.35. The third kappa shape index (κ3) is 6.61. The van der Waals surface area contributed by atoms with Gasteiger partial charge in [-0.25, -0.2) is 0 Å². The van der Waals surface area contributed by atoms with E-state index >= 15 is 0 Å². The number of hydrogen-bond donors (Lipinski definition) is 0. The van der Waals surface area contributed by atoms with Gasteiger partial charge in [-0.1, -0.05) is 0 Å². The van der Waals surface area contributed by atoms with Crippen LogP contribution in [0.5, 0.6) is 0 Å². The lowest BCUT2D eigenvalue weighted by molar-refractivity contribution is 1.11. The molecule has 2 nitrogen and oxygen atoms in total. The van der Waals surface area contributed by atoms with Crippen LogP contribution in [-0.4, -0.2) is 13.4 Å². The number of aromatic nitrogens is 1. The Hall–Kier alpha value is -1.51. The van der Waals surface area contributed by atoms with Crippen LogP contribution in [0.3, 0.4) is 0 Å². The van der Waals surface area contributed by atoms with Crippen LogP contribution < -0.4 is 0 Å². The van der Waals surface area contributed by atoms with Crippen LogP contribution in [-0.2, 0) is 0 Å². The molecule has 0 aliphatic rings. The molecule has 0 N–H and O–H groups in total. The van der Waals surface area contributed by atoms with Gasteiger partial charge in [0.1, 0.15) is 0 Å². The van der Waals surface area contributed by atoms with Crippen LogP contribution in [0, 0.1) is 11.3 Å². The van der Waals surface area contributed by atoms with Crippen molar-refractivity contribution in [2.24, 2.45) is 0 Å². The molecule has 0 aliphatic carbocycles. The molecule has 0 fully saturated rings.